The third-order valence-corrected chi connectivity index (χ3v) is 7.67. The van der Waals surface area contributed by atoms with Gasteiger partial charge < -0.3 is 9.55 Å². The fraction of sp³-hybridized carbons (Fsp3) is 0.409. The fourth-order valence-electron chi connectivity index (χ4n) is 4.17. The van der Waals surface area contributed by atoms with E-state index in [1.54, 1.807) is 23.1 Å². The molecule has 5 rings (SSSR count). The molecule has 0 radical (unpaired) electrons. The highest BCUT2D eigenvalue weighted by molar-refractivity contribution is 7.99. The van der Waals surface area contributed by atoms with Gasteiger partial charge in [0.15, 0.2) is 5.16 Å². The number of para-hydroxylation sites is 2. The minimum absolute atomic E-state index is 0.0348. The highest BCUT2D eigenvalue weighted by Crippen LogP contribution is 2.33. The summed E-state index contributed by atoms with van der Waals surface area (Å²) in [4.78, 5) is 27.6. The Kier molecular flexibility index (Phi) is 5.18. The summed E-state index contributed by atoms with van der Waals surface area (Å²) in [6, 6.07) is 8.30. The Morgan fingerprint density at radius 2 is 2.07 bits per heavy atom. The number of nitrogens with zero attached hydrogens (tertiary/aromatic N) is 3. The maximum atomic E-state index is 12.7. The number of nitrogens with one attached hydrogen (secondary N) is 1. The largest absolute Gasteiger partial charge is 0.319 e. The Morgan fingerprint density at radius 1 is 1.21 bits per heavy atom. The van der Waals surface area contributed by atoms with Gasteiger partial charge in [-0.25, -0.2) is 9.97 Å². The summed E-state index contributed by atoms with van der Waals surface area (Å²) in [5.41, 5.74) is 3.52. The van der Waals surface area contributed by atoms with Crippen LogP contribution in [0.3, 0.4) is 0 Å². The molecule has 1 aliphatic rings. The van der Waals surface area contributed by atoms with Gasteiger partial charge >= 0.3 is 0 Å². The molecule has 1 aliphatic carbocycles. The van der Waals surface area contributed by atoms with Gasteiger partial charge in [-0.2, -0.15) is 0 Å². The van der Waals surface area contributed by atoms with Crippen LogP contribution in [0.15, 0.2) is 34.2 Å². The third kappa shape index (κ3) is 3.51. The standard InChI is InChI=1S/C22H24N4OS2/c1-2-12-26-16-9-5-4-8-15(16)23-22(26)28-13-11-18-24-20(27)19-14-7-3-6-10-17(14)29-21(19)25-18/h4-5,8-9H,2-3,6-7,10-13H2,1H3,(H,24,25,27). The van der Waals surface area contributed by atoms with Crippen LogP contribution in [0.2, 0.25) is 0 Å². The second-order valence-corrected chi connectivity index (χ2v) is 9.68. The van der Waals surface area contributed by atoms with Gasteiger partial charge in [0.25, 0.3) is 5.56 Å². The number of thioether (sulfide) groups is 1. The smallest absolute Gasteiger partial charge is 0.259 e. The first-order valence-electron chi connectivity index (χ1n) is 10.4. The van der Waals surface area contributed by atoms with Crippen molar-refractivity contribution in [3.05, 3.63) is 50.9 Å². The summed E-state index contributed by atoms with van der Waals surface area (Å²) in [6.45, 7) is 3.15. The number of fused-ring (bicyclic) bond motifs is 4. The summed E-state index contributed by atoms with van der Waals surface area (Å²) >= 11 is 3.45. The molecule has 3 aromatic heterocycles. The average Bonchev–Trinajstić information content (AvgIpc) is 3.27. The molecule has 0 saturated heterocycles. The highest BCUT2D eigenvalue weighted by atomic mass is 32.2. The minimum Gasteiger partial charge on any atom is -0.319 e. The van der Waals surface area contributed by atoms with E-state index in [2.05, 4.69) is 34.7 Å². The number of hydrogen-bond donors (Lipinski definition) is 1. The van der Waals surface area contributed by atoms with Crippen molar-refractivity contribution in [1.29, 1.82) is 0 Å². The first-order valence-corrected chi connectivity index (χ1v) is 12.2. The van der Waals surface area contributed by atoms with Crippen LogP contribution in [0.4, 0.5) is 0 Å². The van der Waals surface area contributed by atoms with E-state index < -0.39 is 0 Å². The number of aryl methyl sites for hydroxylation is 4. The van der Waals surface area contributed by atoms with Crippen molar-refractivity contribution < 1.29 is 0 Å². The molecule has 1 aromatic carbocycles. The molecule has 29 heavy (non-hydrogen) atoms. The van der Waals surface area contributed by atoms with Gasteiger partial charge in [0.2, 0.25) is 0 Å². The fourth-order valence-corrected chi connectivity index (χ4v) is 6.44. The number of benzene rings is 1. The molecule has 3 heterocycles. The highest BCUT2D eigenvalue weighted by Gasteiger charge is 2.19. The number of aromatic nitrogens is 4. The molecule has 0 spiro atoms. The van der Waals surface area contributed by atoms with E-state index in [4.69, 9.17) is 9.97 Å². The van der Waals surface area contributed by atoms with Crippen molar-refractivity contribution >= 4 is 44.3 Å². The van der Waals surface area contributed by atoms with E-state index in [1.165, 1.54) is 28.8 Å². The molecular formula is C22H24N4OS2. The number of H-pyrrole nitrogens is 1. The molecular weight excluding hydrogens is 400 g/mol. The van der Waals surface area contributed by atoms with Crippen LogP contribution in [0.1, 0.15) is 42.5 Å². The van der Waals surface area contributed by atoms with Crippen LogP contribution in [-0.4, -0.2) is 25.3 Å². The molecule has 0 atom stereocenters. The predicted molar refractivity (Wildman–Crippen MR) is 121 cm³/mol. The number of rotatable bonds is 6. The van der Waals surface area contributed by atoms with Gasteiger partial charge in [0, 0.05) is 23.6 Å². The molecule has 0 unspecified atom stereocenters. The topological polar surface area (TPSA) is 63.6 Å². The van der Waals surface area contributed by atoms with Crippen LogP contribution >= 0.6 is 23.1 Å². The van der Waals surface area contributed by atoms with E-state index in [9.17, 15) is 4.79 Å². The van der Waals surface area contributed by atoms with Crippen LogP contribution in [0, 0.1) is 0 Å². The number of imidazole rings is 1. The summed E-state index contributed by atoms with van der Waals surface area (Å²) in [5.74, 6) is 1.62. The molecule has 0 amide bonds. The van der Waals surface area contributed by atoms with Crippen LogP contribution in [0.5, 0.6) is 0 Å². The van der Waals surface area contributed by atoms with Crippen molar-refractivity contribution in [1.82, 2.24) is 19.5 Å². The van der Waals surface area contributed by atoms with E-state index in [1.807, 2.05) is 6.07 Å². The average molecular weight is 425 g/mol. The van der Waals surface area contributed by atoms with Crippen LogP contribution in [-0.2, 0) is 25.8 Å². The Balaban J connectivity index is 1.37. The molecule has 1 N–H and O–H groups in total. The van der Waals surface area contributed by atoms with Gasteiger partial charge in [-0.3, -0.25) is 4.79 Å². The first kappa shape index (κ1) is 18.9. The van der Waals surface area contributed by atoms with Crippen molar-refractivity contribution in [2.75, 3.05) is 5.75 Å². The van der Waals surface area contributed by atoms with E-state index in [0.29, 0.717) is 0 Å². The molecule has 5 nitrogen and oxygen atoms in total. The maximum Gasteiger partial charge on any atom is 0.259 e. The van der Waals surface area contributed by atoms with Crippen molar-refractivity contribution in [2.45, 2.75) is 57.1 Å². The molecule has 0 saturated carbocycles. The van der Waals surface area contributed by atoms with Crippen LogP contribution < -0.4 is 5.56 Å². The van der Waals surface area contributed by atoms with Gasteiger partial charge in [0.1, 0.15) is 10.7 Å². The quantitative estimate of drug-likeness (QED) is 0.445. The van der Waals surface area contributed by atoms with E-state index in [0.717, 1.165) is 64.7 Å². The third-order valence-electron chi connectivity index (χ3n) is 5.51. The summed E-state index contributed by atoms with van der Waals surface area (Å²) in [5, 5.41) is 1.88. The van der Waals surface area contributed by atoms with Gasteiger partial charge in [-0.1, -0.05) is 30.8 Å². The Morgan fingerprint density at radius 3 is 2.97 bits per heavy atom. The van der Waals surface area contributed by atoms with Crippen molar-refractivity contribution in [3.63, 3.8) is 0 Å². The summed E-state index contributed by atoms with van der Waals surface area (Å²) < 4.78 is 2.30. The maximum absolute atomic E-state index is 12.7. The summed E-state index contributed by atoms with van der Waals surface area (Å²) in [6.07, 6.45) is 6.31. The second-order valence-electron chi connectivity index (χ2n) is 7.54. The monoisotopic (exact) mass is 424 g/mol. The molecule has 4 aromatic rings. The lowest BCUT2D eigenvalue weighted by molar-refractivity contribution is 0.638. The van der Waals surface area contributed by atoms with E-state index in [-0.39, 0.29) is 5.56 Å². The van der Waals surface area contributed by atoms with Crippen molar-refractivity contribution in [3.8, 4) is 0 Å². The van der Waals surface area contributed by atoms with Crippen LogP contribution in [0.25, 0.3) is 21.3 Å². The molecule has 0 aliphatic heterocycles. The SMILES string of the molecule is CCCn1c(SCCc2nc3sc4c(c3c(=O)[nH]2)CCCC4)nc2ccccc21. The lowest BCUT2D eigenvalue weighted by atomic mass is 9.97. The van der Waals surface area contributed by atoms with Gasteiger partial charge in [-0.15, -0.1) is 11.3 Å². The normalized spacial score (nSPS) is 14.0. The van der Waals surface area contributed by atoms with Gasteiger partial charge in [-0.05, 0) is 49.8 Å². The number of thiophene rings is 1. The lowest BCUT2D eigenvalue weighted by Gasteiger charge is -2.09. The van der Waals surface area contributed by atoms with Gasteiger partial charge in [0.05, 0.1) is 16.4 Å². The Hall–Kier alpha value is -2.12. The zero-order chi connectivity index (χ0) is 19.8. The number of aromatic amines is 1. The lowest BCUT2D eigenvalue weighted by Crippen LogP contribution is -2.13. The minimum atomic E-state index is 0.0348. The Labute approximate surface area is 177 Å². The predicted octanol–water partition coefficient (Wildman–Crippen LogP) is 4.96. The molecule has 150 valence electrons. The first-order chi connectivity index (χ1) is 14.2. The molecule has 0 fully saturated rings. The Bertz CT molecular complexity index is 1240. The molecule has 7 heteroatoms. The van der Waals surface area contributed by atoms with E-state index >= 15 is 0 Å². The second kappa shape index (κ2) is 7.95. The zero-order valence-corrected chi connectivity index (χ0v) is 18.2. The summed E-state index contributed by atoms with van der Waals surface area (Å²) in [7, 11) is 0. The molecule has 0 bridgehead atoms. The zero-order valence-electron chi connectivity index (χ0n) is 16.5. The number of hydrogen-bond acceptors (Lipinski definition) is 5. The van der Waals surface area contributed by atoms with Crippen molar-refractivity contribution in [2.24, 2.45) is 0 Å².